The van der Waals surface area contributed by atoms with Crippen molar-refractivity contribution in [1.29, 1.82) is 0 Å². The van der Waals surface area contributed by atoms with E-state index < -0.39 is 0 Å². The lowest BCUT2D eigenvalue weighted by atomic mass is 9.81. The highest BCUT2D eigenvalue weighted by atomic mass is 16.2. The molecule has 1 fully saturated rings. The largest absolute Gasteiger partial charge is 0.347 e. The quantitative estimate of drug-likeness (QED) is 0.857. The summed E-state index contributed by atoms with van der Waals surface area (Å²) in [4.78, 5) is 25.4. The third kappa shape index (κ3) is 2.84. The molecule has 2 aliphatic rings. The number of amides is 2. The highest BCUT2D eigenvalue weighted by Gasteiger charge is 2.37. The summed E-state index contributed by atoms with van der Waals surface area (Å²) in [6.07, 6.45) is 4.21. The number of nitrogens with zero attached hydrogens (tertiary/aromatic N) is 1. The fourth-order valence-corrected chi connectivity index (χ4v) is 3.24. The molecule has 1 N–H and O–H groups in total. The van der Waals surface area contributed by atoms with Gasteiger partial charge in [-0.3, -0.25) is 9.59 Å². The van der Waals surface area contributed by atoms with Crippen molar-refractivity contribution >= 4 is 17.4 Å². The van der Waals surface area contributed by atoms with Crippen molar-refractivity contribution in [1.82, 2.24) is 10.2 Å². The summed E-state index contributed by atoms with van der Waals surface area (Å²) >= 11 is 0. The van der Waals surface area contributed by atoms with Crippen LogP contribution >= 0.6 is 0 Å². The Morgan fingerprint density at radius 2 is 1.86 bits per heavy atom. The van der Waals surface area contributed by atoms with Crippen LogP contribution in [0, 0.1) is 0 Å². The minimum absolute atomic E-state index is 0.0765. The monoisotopic (exact) mass is 284 g/mol. The topological polar surface area (TPSA) is 49.4 Å². The molecule has 4 heteroatoms. The zero-order valence-corrected chi connectivity index (χ0v) is 12.3. The molecule has 0 bridgehead atoms. The van der Waals surface area contributed by atoms with Gasteiger partial charge in [-0.1, -0.05) is 36.4 Å². The number of hydrogen-bond donors (Lipinski definition) is 1. The van der Waals surface area contributed by atoms with E-state index in [1.165, 1.54) is 0 Å². The Morgan fingerprint density at radius 3 is 2.48 bits per heavy atom. The number of likely N-dealkylation sites (tertiary alicyclic amines) is 1. The Morgan fingerprint density at radius 1 is 1.19 bits per heavy atom. The zero-order valence-electron chi connectivity index (χ0n) is 12.3. The average molecular weight is 284 g/mol. The van der Waals surface area contributed by atoms with Gasteiger partial charge in [-0.05, 0) is 24.0 Å². The number of nitrogens with one attached hydrogen (secondary N) is 1. The maximum atomic E-state index is 12.1. The maximum absolute atomic E-state index is 12.1. The molecule has 0 radical (unpaired) electrons. The van der Waals surface area contributed by atoms with Gasteiger partial charge in [0.25, 0.3) is 0 Å². The van der Waals surface area contributed by atoms with E-state index in [-0.39, 0.29) is 17.4 Å². The Balaban J connectivity index is 1.86. The molecule has 2 heterocycles. The van der Waals surface area contributed by atoms with Crippen molar-refractivity contribution < 1.29 is 9.59 Å². The van der Waals surface area contributed by atoms with Gasteiger partial charge in [-0.15, -0.1) is 0 Å². The van der Waals surface area contributed by atoms with Crippen LogP contribution in [0.25, 0.3) is 5.57 Å². The average Bonchev–Trinajstić information content (AvgIpc) is 2.48. The first kappa shape index (κ1) is 13.9. The van der Waals surface area contributed by atoms with E-state index >= 15 is 0 Å². The molecule has 21 heavy (non-hydrogen) atoms. The molecule has 1 saturated heterocycles. The number of carbonyl (C=O) groups is 2. The van der Waals surface area contributed by atoms with Crippen molar-refractivity contribution in [2.24, 2.45) is 0 Å². The highest BCUT2D eigenvalue weighted by molar-refractivity contribution is 5.92. The number of rotatable bonds is 1. The summed E-state index contributed by atoms with van der Waals surface area (Å²) in [6.45, 7) is 3.01. The Bertz CT molecular complexity index is 584. The van der Waals surface area contributed by atoms with Gasteiger partial charge >= 0.3 is 0 Å². The molecule has 2 aliphatic heterocycles. The molecule has 0 aromatic heterocycles. The van der Waals surface area contributed by atoms with Gasteiger partial charge in [0.1, 0.15) is 0 Å². The molecule has 0 aliphatic carbocycles. The van der Waals surface area contributed by atoms with Crippen molar-refractivity contribution in [3.63, 3.8) is 0 Å². The van der Waals surface area contributed by atoms with Crippen molar-refractivity contribution in [3.8, 4) is 0 Å². The minimum Gasteiger partial charge on any atom is -0.347 e. The third-order valence-electron chi connectivity index (χ3n) is 4.44. The third-order valence-corrected chi connectivity index (χ3v) is 4.44. The molecule has 1 aromatic rings. The highest BCUT2D eigenvalue weighted by Crippen LogP contribution is 2.32. The van der Waals surface area contributed by atoms with Gasteiger partial charge in [0.2, 0.25) is 11.8 Å². The van der Waals surface area contributed by atoms with Crippen LogP contribution in [0.3, 0.4) is 0 Å². The number of benzene rings is 1. The van der Waals surface area contributed by atoms with Gasteiger partial charge in [0.15, 0.2) is 0 Å². The number of carbonyl (C=O) groups excluding carboxylic acids is 2. The fourth-order valence-electron chi connectivity index (χ4n) is 3.24. The lowest BCUT2D eigenvalue weighted by Gasteiger charge is -2.42. The summed E-state index contributed by atoms with van der Waals surface area (Å²) in [7, 11) is 0. The Kier molecular flexibility index (Phi) is 3.53. The molecular weight excluding hydrogens is 264 g/mol. The Labute approximate surface area is 124 Å². The SMILES string of the molecule is CC(=O)N1CCC2(C=C(c3ccccc3)CC(=O)N2)CC1. The first-order valence-corrected chi connectivity index (χ1v) is 7.42. The van der Waals surface area contributed by atoms with E-state index in [1.807, 2.05) is 35.2 Å². The molecular formula is C17H20N2O2. The second kappa shape index (κ2) is 5.35. The van der Waals surface area contributed by atoms with Gasteiger partial charge < -0.3 is 10.2 Å². The molecule has 0 atom stereocenters. The van der Waals surface area contributed by atoms with Crippen LogP contribution in [0.4, 0.5) is 0 Å². The van der Waals surface area contributed by atoms with Gasteiger partial charge in [0.05, 0.1) is 12.0 Å². The number of hydrogen-bond acceptors (Lipinski definition) is 2. The van der Waals surface area contributed by atoms with E-state index in [1.54, 1.807) is 6.92 Å². The molecule has 3 rings (SSSR count). The summed E-state index contributed by atoms with van der Waals surface area (Å²) in [5.74, 6) is 0.187. The Hall–Kier alpha value is -2.10. The van der Waals surface area contributed by atoms with Crippen LogP contribution in [0.15, 0.2) is 36.4 Å². The van der Waals surface area contributed by atoms with Crippen LogP contribution in [-0.2, 0) is 9.59 Å². The first-order valence-electron chi connectivity index (χ1n) is 7.42. The predicted octanol–water partition coefficient (Wildman–Crippen LogP) is 1.97. The molecule has 110 valence electrons. The van der Waals surface area contributed by atoms with E-state index in [0.29, 0.717) is 19.5 Å². The zero-order chi connectivity index (χ0) is 14.9. The molecule has 4 nitrogen and oxygen atoms in total. The van der Waals surface area contributed by atoms with E-state index in [9.17, 15) is 9.59 Å². The number of piperidine rings is 1. The van der Waals surface area contributed by atoms with Gasteiger partial charge in [-0.25, -0.2) is 0 Å². The first-order chi connectivity index (χ1) is 10.1. The lowest BCUT2D eigenvalue weighted by Crippen LogP contribution is -2.56. The fraction of sp³-hybridized carbons (Fsp3) is 0.412. The molecule has 2 amide bonds. The van der Waals surface area contributed by atoms with Crippen molar-refractivity contribution in [3.05, 3.63) is 42.0 Å². The summed E-state index contributed by atoms with van der Waals surface area (Å²) in [5.41, 5.74) is 1.92. The molecule has 1 aromatic carbocycles. The smallest absolute Gasteiger partial charge is 0.225 e. The standard InChI is InChI=1S/C17H20N2O2/c1-13(20)19-9-7-17(8-10-19)12-15(11-16(21)18-17)14-5-3-2-4-6-14/h2-6,12H,7-11H2,1H3,(H,18,21). The normalized spacial score (nSPS) is 20.9. The van der Waals surface area contributed by atoms with Crippen LogP contribution in [0.5, 0.6) is 0 Å². The molecule has 0 unspecified atom stereocenters. The van der Waals surface area contributed by atoms with Crippen molar-refractivity contribution in [2.45, 2.75) is 31.7 Å². The predicted molar refractivity (Wildman–Crippen MR) is 81.4 cm³/mol. The minimum atomic E-state index is -0.285. The summed E-state index contributed by atoms with van der Waals surface area (Å²) in [5, 5.41) is 3.14. The molecule has 1 spiro atoms. The van der Waals surface area contributed by atoms with Crippen molar-refractivity contribution in [2.75, 3.05) is 13.1 Å². The van der Waals surface area contributed by atoms with Crippen LogP contribution in [-0.4, -0.2) is 35.3 Å². The van der Waals surface area contributed by atoms with Gasteiger partial charge in [-0.2, -0.15) is 0 Å². The van der Waals surface area contributed by atoms with Crippen LogP contribution < -0.4 is 5.32 Å². The second-order valence-electron chi connectivity index (χ2n) is 5.92. The van der Waals surface area contributed by atoms with E-state index in [2.05, 4.69) is 11.4 Å². The summed E-state index contributed by atoms with van der Waals surface area (Å²) < 4.78 is 0. The van der Waals surface area contributed by atoms with Crippen LogP contribution in [0.1, 0.15) is 31.7 Å². The summed E-state index contributed by atoms with van der Waals surface area (Å²) in [6, 6.07) is 10.1. The maximum Gasteiger partial charge on any atom is 0.225 e. The van der Waals surface area contributed by atoms with E-state index in [0.717, 1.165) is 24.0 Å². The van der Waals surface area contributed by atoms with E-state index in [4.69, 9.17) is 0 Å². The lowest BCUT2D eigenvalue weighted by molar-refractivity contribution is -0.130. The molecule has 0 saturated carbocycles. The second-order valence-corrected chi connectivity index (χ2v) is 5.92. The van der Waals surface area contributed by atoms with Crippen LogP contribution in [0.2, 0.25) is 0 Å². The van der Waals surface area contributed by atoms with Gasteiger partial charge in [0, 0.05) is 20.0 Å².